The molecule has 1 aliphatic heterocycles. The maximum atomic E-state index is 13.0. The fourth-order valence-electron chi connectivity index (χ4n) is 3.52. The van der Waals surface area contributed by atoms with E-state index in [4.69, 9.17) is 9.88 Å². The summed E-state index contributed by atoms with van der Waals surface area (Å²) in [6, 6.07) is 13.4. The number of hydrogen-bond acceptors (Lipinski definition) is 7. The first kappa shape index (κ1) is 22.1. The first-order valence-corrected chi connectivity index (χ1v) is 12.1. The molecule has 0 saturated carbocycles. The Bertz CT molecular complexity index is 1320. The highest BCUT2D eigenvalue weighted by atomic mass is 32.2. The topological polar surface area (TPSA) is 128 Å². The van der Waals surface area contributed by atoms with E-state index in [0.717, 1.165) is 21.7 Å². The van der Waals surface area contributed by atoms with Gasteiger partial charge in [-0.1, -0.05) is 30.3 Å². The molecular weight excluding hydrogens is 450 g/mol. The first-order valence-electron chi connectivity index (χ1n) is 9.76. The van der Waals surface area contributed by atoms with Crippen molar-refractivity contribution in [1.29, 1.82) is 0 Å². The molecule has 0 aliphatic carbocycles. The maximum absolute atomic E-state index is 13.0. The Labute approximate surface area is 189 Å². The van der Waals surface area contributed by atoms with Crippen LogP contribution in [0.5, 0.6) is 0 Å². The fourth-order valence-corrected chi connectivity index (χ4v) is 5.02. The van der Waals surface area contributed by atoms with Gasteiger partial charge in [-0.2, -0.15) is 0 Å². The number of primary sulfonamides is 1. The number of carbonyl (C=O) groups excluding carboxylic acids is 2. The normalized spacial score (nSPS) is 18.0. The average Bonchev–Trinajstić information content (AvgIpc) is 3.06. The van der Waals surface area contributed by atoms with Crippen LogP contribution in [0.15, 0.2) is 53.4 Å². The number of nitrogens with zero attached hydrogens (tertiary/aromatic N) is 1. The van der Waals surface area contributed by atoms with Crippen LogP contribution in [-0.2, 0) is 32.4 Å². The number of esters is 1. The Morgan fingerprint density at radius 3 is 2.59 bits per heavy atom. The SMILES string of the molecule is Cc1nc(NC(=O)C2(C)Cc3ccccc3C(=O)O2)sc1Cc1ccc(S(N)(=O)=O)cc1. The van der Waals surface area contributed by atoms with Crippen molar-refractivity contribution in [3.05, 3.63) is 75.8 Å². The molecule has 1 amide bonds. The van der Waals surface area contributed by atoms with Crippen molar-refractivity contribution in [2.75, 3.05) is 5.32 Å². The summed E-state index contributed by atoms with van der Waals surface area (Å²) in [6.07, 6.45) is 0.790. The minimum atomic E-state index is -3.74. The average molecular weight is 472 g/mol. The summed E-state index contributed by atoms with van der Waals surface area (Å²) in [7, 11) is -3.74. The lowest BCUT2D eigenvalue weighted by Gasteiger charge is -2.32. The Hall–Kier alpha value is -3.08. The molecule has 3 aromatic rings. The number of cyclic esters (lactones) is 1. The number of ether oxygens (including phenoxy) is 1. The second kappa shape index (κ2) is 8.12. The minimum absolute atomic E-state index is 0.0482. The molecule has 10 heteroatoms. The third-order valence-corrected chi connectivity index (χ3v) is 7.30. The van der Waals surface area contributed by atoms with Crippen LogP contribution in [0.1, 0.15) is 39.0 Å². The molecular formula is C22H21N3O5S2. The summed E-state index contributed by atoms with van der Waals surface area (Å²) < 4.78 is 28.3. The Kier molecular flexibility index (Phi) is 5.61. The van der Waals surface area contributed by atoms with Crippen molar-refractivity contribution < 1.29 is 22.7 Å². The third-order valence-electron chi connectivity index (χ3n) is 5.29. The molecule has 8 nitrogen and oxygen atoms in total. The van der Waals surface area contributed by atoms with Crippen LogP contribution < -0.4 is 10.5 Å². The lowest BCUT2D eigenvalue weighted by molar-refractivity contribution is -0.134. The van der Waals surface area contributed by atoms with Crippen LogP contribution >= 0.6 is 11.3 Å². The summed E-state index contributed by atoms with van der Waals surface area (Å²) in [5, 5.41) is 8.31. The molecule has 32 heavy (non-hydrogen) atoms. The van der Waals surface area contributed by atoms with Crippen molar-refractivity contribution in [3.63, 3.8) is 0 Å². The van der Waals surface area contributed by atoms with E-state index in [1.54, 1.807) is 31.2 Å². The highest BCUT2D eigenvalue weighted by molar-refractivity contribution is 7.89. The number of sulfonamides is 1. The number of anilines is 1. The Morgan fingerprint density at radius 2 is 1.91 bits per heavy atom. The van der Waals surface area contributed by atoms with Gasteiger partial charge in [0.15, 0.2) is 10.7 Å². The molecule has 1 atom stereocenters. The first-order chi connectivity index (χ1) is 15.0. The van der Waals surface area contributed by atoms with Gasteiger partial charge in [0.05, 0.1) is 16.2 Å². The van der Waals surface area contributed by atoms with Crippen molar-refractivity contribution >= 4 is 38.4 Å². The largest absolute Gasteiger partial charge is 0.445 e. The second-order valence-electron chi connectivity index (χ2n) is 7.80. The molecule has 0 fully saturated rings. The second-order valence-corrected chi connectivity index (χ2v) is 10.4. The number of aryl methyl sites for hydroxylation is 1. The van der Waals surface area contributed by atoms with Crippen LogP contribution in [0.25, 0.3) is 0 Å². The molecule has 0 bridgehead atoms. The van der Waals surface area contributed by atoms with Crippen LogP contribution in [0.4, 0.5) is 5.13 Å². The summed E-state index contributed by atoms with van der Waals surface area (Å²) in [5.41, 5.74) is 1.53. The van der Waals surface area contributed by atoms with Crippen molar-refractivity contribution in [2.24, 2.45) is 5.14 Å². The number of benzene rings is 2. The summed E-state index contributed by atoms with van der Waals surface area (Å²) in [4.78, 5) is 30.7. The predicted octanol–water partition coefficient (Wildman–Crippen LogP) is 2.80. The molecule has 0 radical (unpaired) electrons. The zero-order valence-electron chi connectivity index (χ0n) is 17.4. The molecule has 1 unspecified atom stereocenters. The number of nitrogens with two attached hydrogens (primary N) is 1. The van der Waals surface area contributed by atoms with Gasteiger partial charge in [-0.05, 0) is 43.2 Å². The van der Waals surface area contributed by atoms with E-state index in [0.29, 0.717) is 17.1 Å². The fraction of sp³-hybridized carbons (Fsp3) is 0.227. The number of rotatable bonds is 5. The van der Waals surface area contributed by atoms with E-state index >= 15 is 0 Å². The van der Waals surface area contributed by atoms with Gasteiger partial charge in [0, 0.05) is 17.7 Å². The van der Waals surface area contributed by atoms with Crippen LogP contribution in [-0.4, -0.2) is 30.9 Å². The maximum Gasteiger partial charge on any atom is 0.339 e. The van der Waals surface area contributed by atoms with Crippen molar-refractivity contribution in [2.45, 2.75) is 37.2 Å². The van der Waals surface area contributed by atoms with Crippen molar-refractivity contribution in [1.82, 2.24) is 4.98 Å². The lowest BCUT2D eigenvalue weighted by atomic mass is 9.89. The third kappa shape index (κ3) is 4.43. The Balaban J connectivity index is 1.49. The van der Waals surface area contributed by atoms with Gasteiger partial charge in [0.1, 0.15) is 0 Å². The Morgan fingerprint density at radius 1 is 1.22 bits per heavy atom. The van der Waals surface area contributed by atoms with Gasteiger partial charge in [-0.3, -0.25) is 10.1 Å². The highest BCUT2D eigenvalue weighted by Crippen LogP contribution is 2.31. The quantitative estimate of drug-likeness (QED) is 0.551. The molecule has 3 N–H and O–H groups in total. The number of aromatic nitrogens is 1. The minimum Gasteiger partial charge on any atom is -0.445 e. The van der Waals surface area contributed by atoms with Gasteiger partial charge in [-0.15, -0.1) is 11.3 Å². The molecule has 1 aliphatic rings. The number of amides is 1. The molecule has 2 aromatic carbocycles. The summed E-state index contributed by atoms with van der Waals surface area (Å²) in [6.45, 7) is 3.42. The molecule has 4 rings (SSSR count). The standard InChI is InChI=1S/C22H21N3O5S2/c1-13-18(11-14-7-9-16(10-8-14)32(23,28)29)31-21(24-13)25-20(27)22(2)12-15-5-3-4-6-17(15)19(26)30-22/h3-10H,11-12H2,1-2H3,(H2,23,28,29)(H,24,25,27). The molecule has 2 heterocycles. The zero-order chi connectivity index (χ0) is 23.1. The van der Waals surface area contributed by atoms with Gasteiger partial charge in [0.2, 0.25) is 10.0 Å². The molecule has 0 saturated heterocycles. The molecule has 166 valence electrons. The predicted molar refractivity (Wildman–Crippen MR) is 120 cm³/mol. The van der Waals surface area contributed by atoms with Crippen LogP contribution in [0, 0.1) is 6.92 Å². The van der Waals surface area contributed by atoms with Gasteiger partial charge in [-0.25, -0.2) is 23.3 Å². The highest BCUT2D eigenvalue weighted by Gasteiger charge is 2.43. The van der Waals surface area contributed by atoms with E-state index in [1.807, 2.05) is 19.1 Å². The van der Waals surface area contributed by atoms with E-state index < -0.39 is 27.5 Å². The number of hydrogen-bond donors (Lipinski definition) is 2. The number of nitrogens with one attached hydrogen (secondary N) is 1. The van der Waals surface area contributed by atoms with E-state index in [1.165, 1.54) is 23.5 Å². The lowest BCUT2D eigenvalue weighted by Crippen LogP contribution is -2.48. The van der Waals surface area contributed by atoms with Crippen molar-refractivity contribution in [3.8, 4) is 0 Å². The van der Waals surface area contributed by atoms with Crippen LogP contribution in [0.3, 0.4) is 0 Å². The number of carbonyl (C=O) groups is 2. The summed E-state index contributed by atoms with van der Waals surface area (Å²) >= 11 is 1.32. The number of thiazole rings is 1. The zero-order valence-corrected chi connectivity index (χ0v) is 19.0. The monoisotopic (exact) mass is 471 g/mol. The van der Waals surface area contributed by atoms with Gasteiger partial charge in [0.25, 0.3) is 5.91 Å². The summed E-state index contributed by atoms with van der Waals surface area (Å²) in [5.74, 6) is -0.971. The van der Waals surface area contributed by atoms with E-state index in [9.17, 15) is 18.0 Å². The van der Waals surface area contributed by atoms with Gasteiger partial charge >= 0.3 is 5.97 Å². The van der Waals surface area contributed by atoms with E-state index in [2.05, 4.69) is 10.3 Å². The van der Waals surface area contributed by atoms with E-state index in [-0.39, 0.29) is 11.3 Å². The number of fused-ring (bicyclic) bond motifs is 1. The van der Waals surface area contributed by atoms with Gasteiger partial charge < -0.3 is 4.74 Å². The molecule has 0 spiro atoms. The molecule has 1 aromatic heterocycles. The van der Waals surface area contributed by atoms with Crippen LogP contribution in [0.2, 0.25) is 0 Å². The smallest absolute Gasteiger partial charge is 0.339 e.